The molecule has 1 N–H and O–H groups in total. The van der Waals surface area contributed by atoms with Crippen LogP contribution in [0.4, 0.5) is 5.13 Å². The molecule has 1 aromatic heterocycles. The quantitative estimate of drug-likeness (QED) is 0.699. The molecular formula is C16H27N3O3S. The van der Waals surface area contributed by atoms with Crippen LogP contribution < -0.4 is 5.32 Å². The molecule has 0 saturated heterocycles. The molecule has 1 aromatic rings. The van der Waals surface area contributed by atoms with E-state index in [-0.39, 0.29) is 18.3 Å². The summed E-state index contributed by atoms with van der Waals surface area (Å²) >= 11 is 1.32. The van der Waals surface area contributed by atoms with Crippen LogP contribution in [-0.2, 0) is 20.7 Å². The number of nitrogens with one attached hydrogen (secondary N) is 1. The zero-order chi connectivity index (χ0) is 17.4. The summed E-state index contributed by atoms with van der Waals surface area (Å²) in [6.07, 6.45) is 0.131. The average molecular weight is 341 g/mol. The third-order valence-corrected chi connectivity index (χ3v) is 3.91. The van der Waals surface area contributed by atoms with E-state index in [9.17, 15) is 9.59 Å². The molecule has 0 saturated carbocycles. The molecule has 0 aromatic carbocycles. The maximum Gasteiger partial charge on any atom is 0.311 e. The summed E-state index contributed by atoms with van der Waals surface area (Å²) in [7, 11) is 0. The van der Waals surface area contributed by atoms with Gasteiger partial charge in [0, 0.05) is 18.0 Å². The Labute approximate surface area is 142 Å². The van der Waals surface area contributed by atoms with Crippen LogP contribution in [0.15, 0.2) is 5.38 Å². The van der Waals surface area contributed by atoms with E-state index in [1.165, 1.54) is 11.3 Å². The number of anilines is 1. The Kier molecular flexibility index (Phi) is 8.19. The first-order valence-corrected chi connectivity index (χ1v) is 8.83. The van der Waals surface area contributed by atoms with Crippen molar-refractivity contribution in [3.05, 3.63) is 11.1 Å². The van der Waals surface area contributed by atoms with Crippen LogP contribution in [-0.4, -0.2) is 47.5 Å². The fourth-order valence-electron chi connectivity index (χ4n) is 2.08. The van der Waals surface area contributed by atoms with Crippen LogP contribution in [0.2, 0.25) is 0 Å². The molecule has 0 bridgehead atoms. The predicted octanol–water partition coefficient (Wildman–Crippen LogP) is 2.55. The summed E-state index contributed by atoms with van der Waals surface area (Å²) in [5.41, 5.74) is 0.617. The van der Waals surface area contributed by atoms with Crippen molar-refractivity contribution in [2.24, 2.45) is 5.92 Å². The Morgan fingerprint density at radius 3 is 2.61 bits per heavy atom. The van der Waals surface area contributed by atoms with Crippen molar-refractivity contribution in [1.82, 2.24) is 9.88 Å². The van der Waals surface area contributed by atoms with Gasteiger partial charge in [-0.05, 0) is 26.7 Å². The number of thiazole rings is 1. The lowest BCUT2D eigenvalue weighted by Crippen LogP contribution is -2.40. The standard InChI is InChI=1S/C16H27N3O3S/c1-6-22-15(21)7-13-10-23-16(17-13)18-14(20)9-19(12(4)5)8-11(2)3/h10-12H,6-9H2,1-5H3,(H,17,18,20). The summed E-state index contributed by atoms with van der Waals surface area (Å²) in [5, 5.41) is 5.08. The molecule has 0 fully saturated rings. The van der Waals surface area contributed by atoms with Crippen molar-refractivity contribution in [2.75, 3.05) is 25.0 Å². The van der Waals surface area contributed by atoms with Gasteiger partial charge in [0.15, 0.2) is 5.13 Å². The minimum atomic E-state index is -0.307. The Balaban J connectivity index is 2.53. The van der Waals surface area contributed by atoms with E-state index in [0.29, 0.717) is 35.9 Å². The number of esters is 1. The van der Waals surface area contributed by atoms with Crippen molar-refractivity contribution < 1.29 is 14.3 Å². The molecule has 1 rings (SSSR count). The molecule has 23 heavy (non-hydrogen) atoms. The van der Waals surface area contributed by atoms with E-state index in [0.717, 1.165) is 6.54 Å². The van der Waals surface area contributed by atoms with Gasteiger partial charge in [-0.25, -0.2) is 4.98 Å². The molecule has 1 heterocycles. The van der Waals surface area contributed by atoms with Gasteiger partial charge in [-0.2, -0.15) is 0 Å². The molecule has 1 amide bonds. The predicted molar refractivity (Wildman–Crippen MR) is 92.6 cm³/mol. The number of rotatable bonds is 9. The van der Waals surface area contributed by atoms with Crippen LogP contribution >= 0.6 is 11.3 Å². The van der Waals surface area contributed by atoms with E-state index >= 15 is 0 Å². The van der Waals surface area contributed by atoms with E-state index < -0.39 is 0 Å². The maximum absolute atomic E-state index is 12.2. The van der Waals surface area contributed by atoms with Gasteiger partial charge in [0.05, 0.1) is 25.3 Å². The Morgan fingerprint density at radius 2 is 2.04 bits per heavy atom. The molecule has 0 radical (unpaired) electrons. The third kappa shape index (κ3) is 7.56. The average Bonchev–Trinajstić information content (AvgIpc) is 2.84. The molecule has 0 aliphatic heterocycles. The first kappa shape index (κ1) is 19.6. The number of aromatic nitrogens is 1. The topological polar surface area (TPSA) is 71.5 Å². The molecule has 0 aliphatic carbocycles. The second-order valence-electron chi connectivity index (χ2n) is 6.09. The van der Waals surface area contributed by atoms with Crippen molar-refractivity contribution in [3.63, 3.8) is 0 Å². The number of carbonyl (C=O) groups excluding carboxylic acids is 2. The summed E-state index contributed by atoms with van der Waals surface area (Å²) in [4.78, 5) is 30.0. The molecule has 0 atom stereocenters. The monoisotopic (exact) mass is 341 g/mol. The van der Waals surface area contributed by atoms with Crippen LogP contribution in [0.3, 0.4) is 0 Å². The normalized spacial score (nSPS) is 11.3. The van der Waals surface area contributed by atoms with Gasteiger partial charge in [-0.1, -0.05) is 13.8 Å². The smallest absolute Gasteiger partial charge is 0.311 e. The van der Waals surface area contributed by atoms with Crippen LogP contribution in [0.25, 0.3) is 0 Å². The van der Waals surface area contributed by atoms with E-state index in [1.54, 1.807) is 12.3 Å². The summed E-state index contributed by atoms with van der Waals surface area (Å²) < 4.78 is 4.88. The van der Waals surface area contributed by atoms with Gasteiger partial charge in [-0.3, -0.25) is 14.5 Å². The van der Waals surface area contributed by atoms with Crippen molar-refractivity contribution in [2.45, 2.75) is 47.1 Å². The first-order chi connectivity index (χ1) is 10.8. The van der Waals surface area contributed by atoms with Crippen LogP contribution in [0.5, 0.6) is 0 Å². The van der Waals surface area contributed by atoms with Crippen molar-refractivity contribution in [3.8, 4) is 0 Å². The van der Waals surface area contributed by atoms with Gasteiger partial charge < -0.3 is 10.1 Å². The van der Waals surface area contributed by atoms with Gasteiger partial charge in [0.1, 0.15) is 0 Å². The zero-order valence-electron chi connectivity index (χ0n) is 14.6. The van der Waals surface area contributed by atoms with Gasteiger partial charge in [0.25, 0.3) is 0 Å². The Hall–Kier alpha value is -1.47. The minimum Gasteiger partial charge on any atom is -0.466 e. The van der Waals surface area contributed by atoms with Crippen LogP contribution in [0, 0.1) is 5.92 Å². The molecule has 7 heteroatoms. The lowest BCUT2D eigenvalue weighted by molar-refractivity contribution is -0.142. The SMILES string of the molecule is CCOC(=O)Cc1csc(NC(=O)CN(CC(C)C)C(C)C)n1. The number of carbonyl (C=O) groups is 2. The summed E-state index contributed by atoms with van der Waals surface area (Å²) in [5.74, 6) is 0.108. The second kappa shape index (κ2) is 9.62. The molecule has 130 valence electrons. The molecule has 0 unspecified atom stereocenters. The summed E-state index contributed by atoms with van der Waals surface area (Å²) in [6, 6.07) is 0.304. The molecular weight excluding hydrogens is 314 g/mol. The number of ether oxygens (including phenoxy) is 1. The van der Waals surface area contributed by atoms with E-state index in [1.807, 2.05) is 0 Å². The fourth-order valence-corrected chi connectivity index (χ4v) is 2.80. The van der Waals surface area contributed by atoms with Gasteiger partial charge in [0.2, 0.25) is 5.91 Å². The zero-order valence-corrected chi connectivity index (χ0v) is 15.4. The third-order valence-electron chi connectivity index (χ3n) is 3.11. The second-order valence-corrected chi connectivity index (χ2v) is 6.95. The Morgan fingerprint density at radius 1 is 1.35 bits per heavy atom. The van der Waals surface area contributed by atoms with Crippen LogP contribution in [0.1, 0.15) is 40.3 Å². The highest BCUT2D eigenvalue weighted by atomic mass is 32.1. The Bertz CT molecular complexity index is 514. The minimum absolute atomic E-state index is 0.0867. The summed E-state index contributed by atoms with van der Waals surface area (Å²) in [6.45, 7) is 11.8. The van der Waals surface area contributed by atoms with Crippen molar-refractivity contribution in [1.29, 1.82) is 0 Å². The highest BCUT2D eigenvalue weighted by Crippen LogP contribution is 2.16. The van der Waals surface area contributed by atoms with Crippen molar-refractivity contribution >= 4 is 28.3 Å². The largest absolute Gasteiger partial charge is 0.466 e. The van der Waals surface area contributed by atoms with Gasteiger partial charge >= 0.3 is 5.97 Å². The maximum atomic E-state index is 12.2. The molecule has 0 spiro atoms. The number of hydrogen-bond acceptors (Lipinski definition) is 6. The number of nitrogens with zero attached hydrogens (tertiary/aromatic N) is 2. The fraction of sp³-hybridized carbons (Fsp3) is 0.688. The van der Waals surface area contributed by atoms with E-state index in [2.05, 4.69) is 42.9 Å². The molecule has 0 aliphatic rings. The lowest BCUT2D eigenvalue weighted by Gasteiger charge is -2.27. The highest BCUT2D eigenvalue weighted by Gasteiger charge is 2.16. The molecule has 6 nitrogen and oxygen atoms in total. The number of amides is 1. The van der Waals surface area contributed by atoms with E-state index in [4.69, 9.17) is 4.74 Å². The lowest BCUT2D eigenvalue weighted by atomic mass is 10.2. The van der Waals surface area contributed by atoms with Gasteiger partial charge in [-0.15, -0.1) is 11.3 Å². The first-order valence-electron chi connectivity index (χ1n) is 7.95. The highest BCUT2D eigenvalue weighted by molar-refractivity contribution is 7.13. The number of hydrogen-bond donors (Lipinski definition) is 1.